The fourth-order valence-corrected chi connectivity index (χ4v) is 5.87. The number of methoxy groups -OCH3 is 1. The molecule has 4 atom stereocenters. The van der Waals surface area contributed by atoms with Crippen LogP contribution < -0.4 is 5.69 Å². The first-order valence-corrected chi connectivity index (χ1v) is 18.2. The molecule has 2 aromatic heterocycles. The normalized spacial score (nSPS) is 23.9. The summed E-state index contributed by atoms with van der Waals surface area (Å²) >= 11 is 0. The first-order valence-electron chi connectivity index (χ1n) is 12.4. The van der Waals surface area contributed by atoms with Crippen molar-refractivity contribution in [3.05, 3.63) is 35.4 Å². The van der Waals surface area contributed by atoms with Gasteiger partial charge in [-0.25, -0.2) is 14.5 Å². The van der Waals surface area contributed by atoms with Gasteiger partial charge in [0, 0.05) is 13.3 Å². The molecule has 0 bridgehead atoms. The highest BCUT2D eigenvalue weighted by Crippen LogP contribution is 2.43. The zero-order valence-corrected chi connectivity index (χ0v) is 25.6. The van der Waals surface area contributed by atoms with Gasteiger partial charge in [-0.15, -0.1) is 0 Å². The molecular weight excluding hydrogens is 494 g/mol. The molecule has 0 N–H and O–H groups in total. The third-order valence-corrected chi connectivity index (χ3v) is 16.9. The Morgan fingerprint density at radius 3 is 2.17 bits per heavy atom. The Labute approximate surface area is 216 Å². The van der Waals surface area contributed by atoms with Crippen molar-refractivity contribution in [1.29, 1.82) is 0 Å². The van der Waals surface area contributed by atoms with Crippen molar-refractivity contribution in [3.63, 3.8) is 0 Å². The first kappa shape index (κ1) is 28.9. The van der Waals surface area contributed by atoms with Gasteiger partial charge in [-0.1, -0.05) is 41.5 Å². The third kappa shape index (κ3) is 5.89. The molecule has 3 rings (SSSR count). The van der Waals surface area contributed by atoms with Crippen LogP contribution in [0, 0.1) is 0 Å². The molecule has 36 heavy (non-hydrogen) atoms. The van der Waals surface area contributed by atoms with Crippen LogP contribution in [0.15, 0.2) is 29.7 Å². The predicted molar refractivity (Wildman–Crippen MR) is 143 cm³/mol. The fourth-order valence-electron chi connectivity index (χ4n) is 3.53. The van der Waals surface area contributed by atoms with E-state index in [1.165, 1.54) is 21.9 Å². The number of aromatic nitrogens is 5. The lowest BCUT2D eigenvalue weighted by Gasteiger charge is -2.41. The maximum atomic E-state index is 13.1. The molecule has 12 heteroatoms. The molecule has 0 amide bonds. The molecule has 0 saturated carbocycles. The topological polar surface area (TPSA) is 103 Å². The van der Waals surface area contributed by atoms with Gasteiger partial charge in [0.15, 0.2) is 28.7 Å². The van der Waals surface area contributed by atoms with E-state index in [2.05, 4.69) is 82.8 Å². The number of ether oxygens (including phenoxy) is 2. The number of nitrogens with zero attached hydrogens (tertiary/aromatic N) is 5. The average molecular weight is 538 g/mol. The Hall–Kier alpha value is -1.71. The van der Waals surface area contributed by atoms with Gasteiger partial charge >= 0.3 is 5.69 Å². The van der Waals surface area contributed by atoms with Crippen LogP contribution in [0.25, 0.3) is 5.82 Å². The van der Waals surface area contributed by atoms with E-state index in [0.29, 0.717) is 12.4 Å². The molecule has 0 aliphatic carbocycles. The molecule has 1 unspecified atom stereocenters. The van der Waals surface area contributed by atoms with Gasteiger partial charge in [0.2, 0.25) is 0 Å². The minimum absolute atomic E-state index is 0.00788. The zero-order chi connectivity index (χ0) is 27.1. The molecule has 0 aromatic carbocycles. The molecule has 202 valence electrons. The summed E-state index contributed by atoms with van der Waals surface area (Å²) in [6, 6.07) is 1.70. The van der Waals surface area contributed by atoms with Crippen LogP contribution in [0.1, 0.15) is 47.8 Å². The third-order valence-electron chi connectivity index (χ3n) is 7.95. The first-order chi connectivity index (χ1) is 16.5. The second kappa shape index (κ2) is 10.2. The average Bonchev–Trinajstić information content (AvgIpc) is 3.39. The van der Waals surface area contributed by atoms with Crippen molar-refractivity contribution < 1.29 is 18.3 Å². The summed E-state index contributed by atoms with van der Waals surface area (Å²) in [4.78, 5) is 21.2. The zero-order valence-electron chi connectivity index (χ0n) is 23.6. The molecule has 3 heterocycles. The molecule has 0 radical (unpaired) electrons. The summed E-state index contributed by atoms with van der Waals surface area (Å²) in [6.45, 7) is 22.4. The summed E-state index contributed by atoms with van der Waals surface area (Å²) in [5.41, 5.74) is -0.466. The molecule has 10 nitrogen and oxygen atoms in total. The van der Waals surface area contributed by atoms with E-state index in [1.807, 2.05) is 0 Å². The molecule has 1 aliphatic rings. The van der Waals surface area contributed by atoms with Gasteiger partial charge < -0.3 is 18.3 Å². The largest absolute Gasteiger partial charge is 0.414 e. The second-order valence-electron chi connectivity index (χ2n) is 12.5. The van der Waals surface area contributed by atoms with E-state index in [9.17, 15) is 4.79 Å². The van der Waals surface area contributed by atoms with Gasteiger partial charge in [-0.2, -0.15) is 10.1 Å². The number of hydrogen-bond acceptors (Lipinski definition) is 8. The maximum Gasteiger partial charge on any atom is 0.351 e. The Kier molecular flexibility index (Phi) is 8.19. The molecule has 1 fully saturated rings. The predicted octanol–water partition coefficient (Wildman–Crippen LogP) is 4.15. The molecule has 1 aliphatic heterocycles. The van der Waals surface area contributed by atoms with Crippen LogP contribution in [0.5, 0.6) is 0 Å². The fraction of sp³-hybridized carbons (Fsp3) is 0.750. The highest BCUT2D eigenvalue weighted by atomic mass is 28.4. The van der Waals surface area contributed by atoms with Crippen molar-refractivity contribution in [2.75, 3.05) is 13.7 Å². The molecular formula is C24H43N5O5Si2. The number of hydrogen-bond donors (Lipinski definition) is 0. The van der Waals surface area contributed by atoms with Crippen LogP contribution in [-0.4, -0.2) is 73.0 Å². The van der Waals surface area contributed by atoms with Crippen LogP contribution in [0.4, 0.5) is 0 Å². The second-order valence-corrected chi connectivity index (χ2v) is 22.1. The molecule has 0 spiro atoms. The van der Waals surface area contributed by atoms with Gasteiger partial charge in [-0.05, 0) is 42.3 Å². The summed E-state index contributed by atoms with van der Waals surface area (Å²) < 4.78 is 28.8. The van der Waals surface area contributed by atoms with Crippen molar-refractivity contribution in [2.24, 2.45) is 0 Å². The Morgan fingerprint density at radius 2 is 1.67 bits per heavy atom. The van der Waals surface area contributed by atoms with E-state index in [-0.39, 0.29) is 10.1 Å². The SMILES string of the molecule is CO[C@H]1C(O[Si](C)(C)C(C)(C)C)[C@@H](CO[Si](C)(C)C(C)(C)C)O[C@H]1n1ccc(-n2cncn2)nc1=O. The van der Waals surface area contributed by atoms with E-state index in [0.717, 1.165) is 0 Å². The quantitative estimate of drug-likeness (QED) is 0.463. The minimum atomic E-state index is -2.20. The van der Waals surface area contributed by atoms with E-state index in [1.54, 1.807) is 19.4 Å². The van der Waals surface area contributed by atoms with Gasteiger partial charge in [0.25, 0.3) is 0 Å². The highest BCUT2D eigenvalue weighted by Gasteiger charge is 2.52. The summed E-state index contributed by atoms with van der Waals surface area (Å²) in [7, 11) is -2.61. The van der Waals surface area contributed by atoms with Crippen molar-refractivity contribution >= 4 is 16.6 Å². The lowest BCUT2D eigenvalue weighted by atomic mass is 10.1. The Morgan fingerprint density at radius 1 is 1.03 bits per heavy atom. The lowest BCUT2D eigenvalue weighted by molar-refractivity contribution is -0.0612. The monoisotopic (exact) mass is 537 g/mol. The van der Waals surface area contributed by atoms with Gasteiger partial charge in [0.1, 0.15) is 31.0 Å². The van der Waals surface area contributed by atoms with E-state index < -0.39 is 46.9 Å². The van der Waals surface area contributed by atoms with Crippen molar-refractivity contribution in [3.8, 4) is 5.82 Å². The van der Waals surface area contributed by atoms with Gasteiger partial charge in [0.05, 0.1) is 6.61 Å². The van der Waals surface area contributed by atoms with Crippen LogP contribution in [0.2, 0.25) is 36.3 Å². The van der Waals surface area contributed by atoms with Crippen molar-refractivity contribution in [2.45, 2.75) is 102 Å². The van der Waals surface area contributed by atoms with Gasteiger partial charge in [-0.3, -0.25) is 4.57 Å². The van der Waals surface area contributed by atoms with E-state index in [4.69, 9.17) is 18.3 Å². The van der Waals surface area contributed by atoms with Crippen LogP contribution in [0.3, 0.4) is 0 Å². The standard InChI is InChI=1S/C24H43N5O5Si2/c1-23(2,3)35(8,9)32-14-17-19(34-36(10,11)24(4,5)6)20(31-7)21(33-17)28-13-12-18(27-22(28)30)29-16-25-15-26-29/h12-13,15-17,19-21H,14H2,1-11H3/t17-,19?,20+,21-/m1/s1. The Bertz CT molecular complexity index is 1080. The number of rotatable bonds is 8. The van der Waals surface area contributed by atoms with Crippen molar-refractivity contribution in [1.82, 2.24) is 24.3 Å². The highest BCUT2D eigenvalue weighted by molar-refractivity contribution is 6.74. The minimum Gasteiger partial charge on any atom is -0.414 e. The molecule has 2 aromatic rings. The lowest BCUT2D eigenvalue weighted by Crippen LogP contribution is -2.51. The summed E-state index contributed by atoms with van der Waals surface area (Å²) in [5.74, 6) is 0.382. The Balaban J connectivity index is 1.95. The maximum absolute atomic E-state index is 13.1. The summed E-state index contributed by atoms with van der Waals surface area (Å²) in [6.07, 6.45) is 2.53. The van der Waals surface area contributed by atoms with Crippen LogP contribution >= 0.6 is 0 Å². The smallest absolute Gasteiger partial charge is 0.351 e. The summed E-state index contributed by atoms with van der Waals surface area (Å²) in [5, 5.41) is 4.10. The molecule has 1 saturated heterocycles. The van der Waals surface area contributed by atoms with E-state index >= 15 is 0 Å². The van der Waals surface area contributed by atoms with Crippen LogP contribution in [-0.2, 0) is 18.3 Å².